The molecule has 2 heterocycles. The molecule has 3 rings (SSSR count). The Morgan fingerprint density at radius 2 is 1.85 bits per heavy atom. The minimum Gasteiger partial charge on any atom is -0.353 e. The Morgan fingerprint density at radius 1 is 1.12 bits per heavy atom. The van der Waals surface area contributed by atoms with E-state index in [-0.39, 0.29) is 11.9 Å². The summed E-state index contributed by atoms with van der Waals surface area (Å²) in [4.78, 5) is 25.5. The van der Waals surface area contributed by atoms with Gasteiger partial charge in [0.25, 0.3) is 5.91 Å². The average molecular weight is 353 g/mol. The maximum atomic E-state index is 12.1. The molecular weight excluding hydrogens is 326 g/mol. The zero-order valence-electron chi connectivity index (χ0n) is 15.6. The third-order valence-corrected chi connectivity index (χ3v) is 4.81. The third-order valence-electron chi connectivity index (χ3n) is 4.81. The molecule has 0 radical (unpaired) electrons. The maximum Gasteiger partial charge on any atom is 0.271 e. The normalized spacial score (nSPS) is 16.3. The Labute approximate surface area is 155 Å². The molecule has 0 bridgehead atoms. The van der Waals surface area contributed by atoms with Crippen molar-refractivity contribution in [3.8, 4) is 0 Å². The predicted molar refractivity (Wildman–Crippen MR) is 103 cm³/mol. The number of nitrogens with one attached hydrogen (secondary N) is 1. The maximum absolute atomic E-state index is 12.1. The number of anilines is 1. The molecule has 1 saturated heterocycles. The SMILES string of the molecule is CCC(C)NC(=O)c1cnc(N2CCN(Cc3ccccc3)CC2)cn1. The first kappa shape index (κ1) is 18.3. The van der Waals surface area contributed by atoms with Gasteiger partial charge in [0.1, 0.15) is 11.5 Å². The van der Waals surface area contributed by atoms with E-state index in [1.165, 1.54) is 5.56 Å². The van der Waals surface area contributed by atoms with E-state index in [0.29, 0.717) is 5.69 Å². The van der Waals surface area contributed by atoms with Gasteiger partial charge in [0.05, 0.1) is 12.4 Å². The van der Waals surface area contributed by atoms with Crippen molar-refractivity contribution in [1.29, 1.82) is 0 Å². The van der Waals surface area contributed by atoms with Crippen molar-refractivity contribution in [2.24, 2.45) is 0 Å². The largest absolute Gasteiger partial charge is 0.353 e. The van der Waals surface area contributed by atoms with Crippen molar-refractivity contribution in [3.63, 3.8) is 0 Å². The molecule has 1 atom stereocenters. The van der Waals surface area contributed by atoms with E-state index in [1.807, 2.05) is 19.9 Å². The van der Waals surface area contributed by atoms with Crippen LogP contribution in [0.15, 0.2) is 42.7 Å². The number of carbonyl (C=O) groups is 1. The first-order valence-corrected chi connectivity index (χ1v) is 9.30. The van der Waals surface area contributed by atoms with Crippen LogP contribution in [0.3, 0.4) is 0 Å². The summed E-state index contributed by atoms with van der Waals surface area (Å²) in [6.45, 7) is 8.82. The fourth-order valence-electron chi connectivity index (χ4n) is 2.98. The number of rotatable bonds is 6. The van der Waals surface area contributed by atoms with Gasteiger partial charge in [0.2, 0.25) is 0 Å². The van der Waals surface area contributed by atoms with Gasteiger partial charge in [-0.15, -0.1) is 0 Å². The van der Waals surface area contributed by atoms with Gasteiger partial charge >= 0.3 is 0 Å². The number of hydrogen-bond donors (Lipinski definition) is 1. The number of benzene rings is 1. The molecule has 1 unspecified atom stereocenters. The van der Waals surface area contributed by atoms with Gasteiger partial charge in [-0.05, 0) is 18.9 Å². The number of carbonyl (C=O) groups excluding carboxylic acids is 1. The molecule has 26 heavy (non-hydrogen) atoms. The summed E-state index contributed by atoms with van der Waals surface area (Å²) < 4.78 is 0. The van der Waals surface area contributed by atoms with Crippen molar-refractivity contribution in [3.05, 3.63) is 54.0 Å². The summed E-state index contributed by atoms with van der Waals surface area (Å²) in [6.07, 6.45) is 4.17. The van der Waals surface area contributed by atoms with Gasteiger partial charge in [-0.1, -0.05) is 37.3 Å². The number of nitrogens with zero attached hydrogens (tertiary/aromatic N) is 4. The molecule has 1 amide bonds. The third kappa shape index (κ3) is 4.79. The van der Waals surface area contributed by atoms with Crippen molar-refractivity contribution >= 4 is 11.7 Å². The zero-order valence-corrected chi connectivity index (χ0v) is 15.6. The molecule has 1 N–H and O–H groups in total. The molecule has 1 aromatic carbocycles. The molecule has 1 aliphatic heterocycles. The number of piperazine rings is 1. The molecule has 1 aliphatic rings. The van der Waals surface area contributed by atoms with E-state index in [1.54, 1.807) is 12.4 Å². The first-order valence-electron chi connectivity index (χ1n) is 9.30. The number of aromatic nitrogens is 2. The van der Waals surface area contributed by atoms with Crippen LogP contribution in [0.5, 0.6) is 0 Å². The van der Waals surface area contributed by atoms with E-state index in [0.717, 1.165) is 45.0 Å². The molecular formula is C20H27N5O. The quantitative estimate of drug-likeness (QED) is 0.864. The Morgan fingerprint density at radius 3 is 2.46 bits per heavy atom. The van der Waals surface area contributed by atoms with Crippen molar-refractivity contribution in [1.82, 2.24) is 20.2 Å². The minimum absolute atomic E-state index is 0.140. The highest BCUT2D eigenvalue weighted by Crippen LogP contribution is 2.14. The lowest BCUT2D eigenvalue weighted by Crippen LogP contribution is -2.46. The molecule has 6 nitrogen and oxygen atoms in total. The number of hydrogen-bond acceptors (Lipinski definition) is 5. The second kappa shape index (κ2) is 8.76. The van der Waals surface area contributed by atoms with E-state index < -0.39 is 0 Å². The Kier molecular flexibility index (Phi) is 6.17. The minimum atomic E-state index is -0.161. The smallest absolute Gasteiger partial charge is 0.271 e. The van der Waals surface area contributed by atoms with Crippen molar-refractivity contribution in [2.75, 3.05) is 31.1 Å². The molecule has 0 spiro atoms. The topological polar surface area (TPSA) is 61.4 Å². The highest BCUT2D eigenvalue weighted by Gasteiger charge is 2.19. The lowest BCUT2D eigenvalue weighted by molar-refractivity contribution is 0.0934. The molecule has 2 aromatic rings. The summed E-state index contributed by atoms with van der Waals surface area (Å²) in [5, 5.41) is 2.91. The van der Waals surface area contributed by atoms with E-state index in [2.05, 4.69) is 49.4 Å². The molecule has 1 aromatic heterocycles. The summed E-state index contributed by atoms with van der Waals surface area (Å²) in [5.74, 6) is 0.676. The van der Waals surface area contributed by atoms with Crippen LogP contribution >= 0.6 is 0 Å². The molecule has 138 valence electrons. The van der Waals surface area contributed by atoms with Gasteiger partial charge in [-0.3, -0.25) is 9.69 Å². The van der Waals surface area contributed by atoms with E-state index >= 15 is 0 Å². The first-order chi connectivity index (χ1) is 12.7. The van der Waals surface area contributed by atoms with Gasteiger partial charge in [0, 0.05) is 38.8 Å². The van der Waals surface area contributed by atoms with Crippen LogP contribution in [-0.4, -0.2) is 53.0 Å². The average Bonchev–Trinajstić information content (AvgIpc) is 2.69. The molecule has 0 saturated carbocycles. The van der Waals surface area contributed by atoms with Gasteiger partial charge in [-0.2, -0.15) is 0 Å². The fourth-order valence-corrected chi connectivity index (χ4v) is 2.98. The second-order valence-electron chi connectivity index (χ2n) is 6.79. The highest BCUT2D eigenvalue weighted by atomic mass is 16.1. The predicted octanol–water partition coefficient (Wildman–Crippen LogP) is 2.33. The lowest BCUT2D eigenvalue weighted by atomic mass is 10.2. The Hall–Kier alpha value is -2.47. The summed E-state index contributed by atoms with van der Waals surface area (Å²) in [6, 6.07) is 10.7. The molecule has 1 fully saturated rings. The summed E-state index contributed by atoms with van der Waals surface area (Å²) in [7, 11) is 0. The summed E-state index contributed by atoms with van der Waals surface area (Å²) in [5.41, 5.74) is 1.72. The van der Waals surface area contributed by atoms with Crippen LogP contribution in [0.1, 0.15) is 36.3 Å². The van der Waals surface area contributed by atoms with E-state index in [9.17, 15) is 4.79 Å². The van der Waals surface area contributed by atoms with Gasteiger partial charge < -0.3 is 10.2 Å². The van der Waals surface area contributed by atoms with Gasteiger partial charge in [0.15, 0.2) is 0 Å². The van der Waals surface area contributed by atoms with E-state index in [4.69, 9.17) is 0 Å². The van der Waals surface area contributed by atoms with Crippen LogP contribution in [0.4, 0.5) is 5.82 Å². The summed E-state index contributed by atoms with van der Waals surface area (Å²) >= 11 is 0. The zero-order chi connectivity index (χ0) is 18.4. The highest BCUT2D eigenvalue weighted by molar-refractivity contribution is 5.92. The monoisotopic (exact) mass is 353 g/mol. The van der Waals surface area contributed by atoms with Crippen LogP contribution in [0.25, 0.3) is 0 Å². The molecule has 6 heteroatoms. The van der Waals surface area contributed by atoms with Crippen LogP contribution < -0.4 is 10.2 Å². The van der Waals surface area contributed by atoms with Crippen molar-refractivity contribution < 1.29 is 4.79 Å². The lowest BCUT2D eigenvalue weighted by Gasteiger charge is -2.35. The van der Waals surface area contributed by atoms with Crippen LogP contribution in [0, 0.1) is 0 Å². The Bertz CT molecular complexity index is 696. The van der Waals surface area contributed by atoms with Crippen molar-refractivity contribution in [2.45, 2.75) is 32.9 Å². The molecule has 0 aliphatic carbocycles. The standard InChI is InChI=1S/C20H27N5O/c1-3-16(2)23-20(26)18-13-22-19(14-21-18)25-11-9-24(10-12-25)15-17-7-5-4-6-8-17/h4-8,13-14,16H,3,9-12,15H2,1-2H3,(H,23,26). The van der Waals surface area contributed by atoms with Crippen LogP contribution in [-0.2, 0) is 6.54 Å². The Balaban J connectivity index is 1.52. The second-order valence-corrected chi connectivity index (χ2v) is 6.79. The fraction of sp³-hybridized carbons (Fsp3) is 0.450. The number of amides is 1. The van der Waals surface area contributed by atoms with Crippen LogP contribution in [0.2, 0.25) is 0 Å². The van der Waals surface area contributed by atoms with Gasteiger partial charge in [-0.25, -0.2) is 9.97 Å².